The van der Waals surface area contributed by atoms with Crippen LogP contribution in [0.5, 0.6) is 0 Å². The summed E-state index contributed by atoms with van der Waals surface area (Å²) in [6.07, 6.45) is 4.93. The highest BCUT2D eigenvalue weighted by molar-refractivity contribution is 8.15. The number of carbonyl (C=O) groups is 1. The number of carbonyl (C=O) groups excluding carboxylic acids is 1. The van der Waals surface area contributed by atoms with Gasteiger partial charge in [-0.15, -0.1) is 0 Å². The second-order valence-electron chi connectivity index (χ2n) is 3.06. The van der Waals surface area contributed by atoms with Gasteiger partial charge < -0.3 is 0 Å². The lowest BCUT2D eigenvalue weighted by Crippen LogP contribution is -2.37. The minimum absolute atomic E-state index is 0.199. The van der Waals surface area contributed by atoms with E-state index in [4.69, 9.17) is 0 Å². The Bertz CT molecular complexity index is 147. The molecule has 0 aromatic carbocycles. The monoisotopic (exact) mass is 142 g/mol. The average Bonchev–Trinajstić information content (AvgIpc) is 2.34. The number of thioether (sulfide) groups is 1. The maximum atomic E-state index is 11.0. The van der Waals surface area contributed by atoms with Crippen LogP contribution < -0.4 is 0 Å². The molecule has 0 aromatic heterocycles. The van der Waals surface area contributed by atoms with Crippen molar-refractivity contribution in [3.8, 4) is 0 Å². The van der Waals surface area contributed by atoms with E-state index in [1.165, 1.54) is 37.4 Å². The SMILES string of the molecule is O=C1SCC12CCCC2. The van der Waals surface area contributed by atoms with E-state index in [1.807, 2.05) is 0 Å². The first-order valence-electron chi connectivity index (χ1n) is 3.51. The van der Waals surface area contributed by atoms with Crippen molar-refractivity contribution < 1.29 is 4.79 Å². The summed E-state index contributed by atoms with van der Waals surface area (Å²) in [5.74, 6) is 1.12. The first-order chi connectivity index (χ1) is 4.33. The van der Waals surface area contributed by atoms with Crippen molar-refractivity contribution in [1.29, 1.82) is 0 Å². The van der Waals surface area contributed by atoms with Gasteiger partial charge in [0.15, 0.2) is 5.12 Å². The largest absolute Gasteiger partial charge is 0.287 e. The standard InChI is InChI=1S/C7H10OS/c8-6-7(5-9-6)3-1-2-4-7/h1-5H2. The Hall–Kier alpha value is 0.0200. The lowest BCUT2D eigenvalue weighted by molar-refractivity contribution is -0.120. The van der Waals surface area contributed by atoms with Gasteiger partial charge in [-0.3, -0.25) is 4.79 Å². The van der Waals surface area contributed by atoms with Crippen molar-refractivity contribution >= 4 is 16.9 Å². The average molecular weight is 142 g/mol. The first kappa shape index (κ1) is 5.78. The summed E-state index contributed by atoms with van der Waals surface area (Å²) in [5, 5.41) is 0.472. The number of rotatable bonds is 0. The molecule has 1 spiro atoms. The van der Waals surface area contributed by atoms with E-state index in [9.17, 15) is 4.79 Å². The minimum atomic E-state index is 0.199. The summed E-state index contributed by atoms with van der Waals surface area (Å²) < 4.78 is 0. The summed E-state index contributed by atoms with van der Waals surface area (Å²) in [5.41, 5.74) is 0.199. The molecule has 0 N–H and O–H groups in total. The maximum absolute atomic E-state index is 11.0. The Morgan fingerprint density at radius 1 is 1.33 bits per heavy atom. The van der Waals surface area contributed by atoms with Crippen molar-refractivity contribution in [2.24, 2.45) is 5.41 Å². The second kappa shape index (κ2) is 1.75. The quantitative estimate of drug-likeness (QED) is 0.513. The molecule has 1 aliphatic heterocycles. The van der Waals surface area contributed by atoms with Gasteiger partial charge in [0.2, 0.25) is 0 Å². The molecule has 2 fully saturated rings. The lowest BCUT2D eigenvalue weighted by Gasteiger charge is -2.34. The highest BCUT2D eigenvalue weighted by atomic mass is 32.2. The fraction of sp³-hybridized carbons (Fsp3) is 0.857. The molecule has 0 unspecified atom stereocenters. The molecule has 0 bridgehead atoms. The van der Waals surface area contributed by atoms with Gasteiger partial charge >= 0.3 is 0 Å². The zero-order valence-corrected chi connectivity index (χ0v) is 6.17. The van der Waals surface area contributed by atoms with Crippen molar-refractivity contribution in [3.63, 3.8) is 0 Å². The number of hydrogen-bond acceptors (Lipinski definition) is 2. The van der Waals surface area contributed by atoms with Crippen molar-refractivity contribution in [3.05, 3.63) is 0 Å². The van der Waals surface area contributed by atoms with Crippen LogP contribution in [0.25, 0.3) is 0 Å². The van der Waals surface area contributed by atoms with Crippen LogP contribution in [0.4, 0.5) is 0 Å². The van der Waals surface area contributed by atoms with Crippen LogP contribution >= 0.6 is 11.8 Å². The summed E-state index contributed by atoms with van der Waals surface area (Å²) in [6.45, 7) is 0. The van der Waals surface area contributed by atoms with E-state index in [1.54, 1.807) is 0 Å². The van der Waals surface area contributed by atoms with Crippen molar-refractivity contribution in [2.45, 2.75) is 25.7 Å². The van der Waals surface area contributed by atoms with Gasteiger partial charge in [0.1, 0.15) is 0 Å². The molecule has 2 rings (SSSR count). The molecule has 2 heteroatoms. The van der Waals surface area contributed by atoms with Crippen LogP contribution in [0.2, 0.25) is 0 Å². The molecule has 1 aliphatic carbocycles. The summed E-state index contributed by atoms with van der Waals surface area (Å²) in [7, 11) is 0. The molecular formula is C7H10OS. The molecule has 1 nitrogen and oxygen atoms in total. The maximum Gasteiger partial charge on any atom is 0.195 e. The highest BCUT2D eigenvalue weighted by Crippen LogP contribution is 2.51. The van der Waals surface area contributed by atoms with Crippen LogP contribution in [-0.2, 0) is 4.79 Å². The summed E-state index contributed by atoms with van der Waals surface area (Å²) in [6, 6.07) is 0. The van der Waals surface area contributed by atoms with E-state index in [0.717, 1.165) is 5.75 Å². The Morgan fingerprint density at radius 2 is 2.00 bits per heavy atom. The molecule has 1 heterocycles. The van der Waals surface area contributed by atoms with Crippen molar-refractivity contribution in [2.75, 3.05) is 5.75 Å². The zero-order chi connectivity index (χ0) is 6.32. The Balaban J connectivity index is 2.14. The molecule has 1 saturated carbocycles. The minimum Gasteiger partial charge on any atom is -0.287 e. The summed E-state index contributed by atoms with van der Waals surface area (Å²) in [4.78, 5) is 11.0. The van der Waals surface area contributed by atoms with Crippen LogP contribution in [0.1, 0.15) is 25.7 Å². The Morgan fingerprint density at radius 3 is 2.22 bits per heavy atom. The topological polar surface area (TPSA) is 17.1 Å². The van der Waals surface area contributed by atoms with E-state index in [2.05, 4.69) is 0 Å². The fourth-order valence-corrected chi connectivity index (χ4v) is 2.90. The smallest absolute Gasteiger partial charge is 0.195 e. The molecule has 2 aliphatic rings. The Labute approximate surface area is 59.2 Å². The lowest BCUT2D eigenvalue weighted by atomic mass is 9.89. The van der Waals surface area contributed by atoms with Crippen LogP contribution in [-0.4, -0.2) is 10.9 Å². The van der Waals surface area contributed by atoms with Crippen LogP contribution in [0.15, 0.2) is 0 Å². The third kappa shape index (κ3) is 0.658. The molecule has 50 valence electrons. The van der Waals surface area contributed by atoms with Crippen LogP contribution in [0.3, 0.4) is 0 Å². The molecule has 0 aromatic rings. The molecule has 0 amide bonds. The predicted molar refractivity (Wildman–Crippen MR) is 38.4 cm³/mol. The molecular weight excluding hydrogens is 132 g/mol. The molecule has 1 saturated heterocycles. The van der Waals surface area contributed by atoms with Gasteiger partial charge in [-0.25, -0.2) is 0 Å². The van der Waals surface area contributed by atoms with Gasteiger partial charge in [-0.05, 0) is 12.8 Å². The highest BCUT2D eigenvalue weighted by Gasteiger charge is 2.48. The van der Waals surface area contributed by atoms with Crippen molar-refractivity contribution in [1.82, 2.24) is 0 Å². The van der Waals surface area contributed by atoms with E-state index in [-0.39, 0.29) is 5.41 Å². The van der Waals surface area contributed by atoms with E-state index in [0.29, 0.717) is 5.12 Å². The van der Waals surface area contributed by atoms with Gasteiger partial charge in [-0.2, -0.15) is 0 Å². The second-order valence-corrected chi connectivity index (χ2v) is 4.01. The van der Waals surface area contributed by atoms with E-state index < -0.39 is 0 Å². The fourth-order valence-electron chi connectivity index (χ4n) is 1.74. The predicted octanol–water partition coefficient (Wildman–Crippen LogP) is 1.82. The van der Waals surface area contributed by atoms with Gasteiger partial charge in [0.05, 0.1) is 0 Å². The zero-order valence-electron chi connectivity index (χ0n) is 5.35. The van der Waals surface area contributed by atoms with Gasteiger partial charge in [0.25, 0.3) is 0 Å². The van der Waals surface area contributed by atoms with Gasteiger partial charge in [-0.1, -0.05) is 24.6 Å². The third-order valence-corrected chi connectivity index (χ3v) is 3.87. The molecule has 0 atom stereocenters. The van der Waals surface area contributed by atoms with E-state index >= 15 is 0 Å². The molecule has 9 heavy (non-hydrogen) atoms. The Kier molecular flexibility index (Phi) is 1.12. The molecule has 0 radical (unpaired) electrons. The third-order valence-electron chi connectivity index (χ3n) is 2.47. The number of hydrogen-bond donors (Lipinski definition) is 0. The summed E-state index contributed by atoms with van der Waals surface area (Å²) >= 11 is 1.52. The van der Waals surface area contributed by atoms with Crippen LogP contribution in [0, 0.1) is 5.41 Å². The first-order valence-corrected chi connectivity index (χ1v) is 4.49. The normalized spacial score (nSPS) is 30.9. The van der Waals surface area contributed by atoms with Gasteiger partial charge in [0, 0.05) is 11.2 Å².